The van der Waals surface area contributed by atoms with Crippen LogP contribution in [0.5, 0.6) is 5.75 Å². The summed E-state index contributed by atoms with van der Waals surface area (Å²) < 4.78 is 34.3. The molecular weight excluding hydrogens is 302 g/mol. The van der Waals surface area contributed by atoms with Crippen LogP contribution >= 0.6 is 0 Å². The molecule has 0 aliphatic rings. The largest absolute Gasteiger partial charge is 0.494 e. The van der Waals surface area contributed by atoms with Crippen molar-refractivity contribution in [2.45, 2.75) is 11.8 Å². The van der Waals surface area contributed by atoms with Crippen LogP contribution in [-0.2, 0) is 10.0 Å². The van der Waals surface area contributed by atoms with Gasteiger partial charge in [0.1, 0.15) is 5.75 Å². The SMILES string of the molecule is CCOc1ccc(S(=O)(=O)Nc2ncc3ccccn23)cc1. The fourth-order valence-electron chi connectivity index (χ4n) is 2.08. The molecule has 1 N–H and O–H groups in total. The van der Waals surface area contributed by atoms with Gasteiger partial charge in [0.15, 0.2) is 0 Å². The summed E-state index contributed by atoms with van der Waals surface area (Å²) in [7, 11) is -3.70. The van der Waals surface area contributed by atoms with Crippen molar-refractivity contribution in [2.24, 2.45) is 0 Å². The summed E-state index contributed by atoms with van der Waals surface area (Å²) in [5.41, 5.74) is 0.812. The van der Waals surface area contributed by atoms with E-state index in [-0.39, 0.29) is 10.8 Å². The fourth-order valence-corrected chi connectivity index (χ4v) is 3.08. The van der Waals surface area contributed by atoms with Crippen LogP contribution in [0.15, 0.2) is 59.8 Å². The number of pyridine rings is 1. The van der Waals surface area contributed by atoms with Gasteiger partial charge in [0.05, 0.1) is 23.2 Å². The minimum absolute atomic E-state index is 0.156. The molecule has 0 amide bonds. The molecule has 1 aromatic carbocycles. The quantitative estimate of drug-likeness (QED) is 0.785. The monoisotopic (exact) mass is 317 g/mol. The number of nitrogens with one attached hydrogen (secondary N) is 1. The molecule has 22 heavy (non-hydrogen) atoms. The topological polar surface area (TPSA) is 72.7 Å². The van der Waals surface area contributed by atoms with Gasteiger partial charge in [-0.25, -0.2) is 18.1 Å². The van der Waals surface area contributed by atoms with E-state index in [1.54, 1.807) is 28.9 Å². The third kappa shape index (κ3) is 2.75. The maximum absolute atomic E-state index is 12.4. The molecule has 0 radical (unpaired) electrons. The van der Waals surface area contributed by atoms with Crippen molar-refractivity contribution in [3.63, 3.8) is 0 Å². The van der Waals surface area contributed by atoms with Crippen molar-refractivity contribution < 1.29 is 13.2 Å². The maximum atomic E-state index is 12.4. The highest BCUT2D eigenvalue weighted by molar-refractivity contribution is 7.92. The van der Waals surface area contributed by atoms with Gasteiger partial charge in [-0.05, 0) is 43.3 Å². The molecule has 0 unspecified atom stereocenters. The number of fused-ring (bicyclic) bond motifs is 1. The predicted molar refractivity (Wildman–Crippen MR) is 83.6 cm³/mol. The first-order chi connectivity index (χ1) is 10.6. The Hall–Kier alpha value is -2.54. The highest BCUT2D eigenvalue weighted by Crippen LogP contribution is 2.19. The summed E-state index contributed by atoms with van der Waals surface area (Å²) in [5.74, 6) is 0.886. The van der Waals surface area contributed by atoms with Crippen molar-refractivity contribution in [2.75, 3.05) is 11.3 Å². The van der Waals surface area contributed by atoms with Gasteiger partial charge in [-0.3, -0.25) is 4.40 Å². The van der Waals surface area contributed by atoms with Crippen LogP contribution in [-0.4, -0.2) is 24.4 Å². The molecule has 0 saturated carbocycles. The van der Waals surface area contributed by atoms with Gasteiger partial charge < -0.3 is 4.74 Å². The summed E-state index contributed by atoms with van der Waals surface area (Å²) >= 11 is 0. The summed E-state index contributed by atoms with van der Waals surface area (Å²) in [6.45, 7) is 2.40. The lowest BCUT2D eigenvalue weighted by Gasteiger charge is -2.08. The van der Waals surface area contributed by atoms with Crippen LogP contribution in [0.4, 0.5) is 5.95 Å². The van der Waals surface area contributed by atoms with Gasteiger partial charge in [-0.1, -0.05) is 6.07 Å². The Morgan fingerprint density at radius 1 is 1.18 bits per heavy atom. The molecule has 0 spiro atoms. The second-order valence-electron chi connectivity index (χ2n) is 4.59. The van der Waals surface area contributed by atoms with Crippen molar-refractivity contribution in [3.05, 3.63) is 54.9 Å². The van der Waals surface area contributed by atoms with E-state index in [1.165, 1.54) is 12.1 Å². The summed E-state index contributed by atoms with van der Waals surface area (Å²) in [6.07, 6.45) is 3.36. The standard InChI is InChI=1S/C15H15N3O3S/c1-2-21-13-6-8-14(9-7-13)22(19,20)17-15-16-11-12-5-3-4-10-18(12)15/h3-11H,2H2,1H3,(H,16,17). The maximum Gasteiger partial charge on any atom is 0.264 e. The molecule has 0 aliphatic carbocycles. The van der Waals surface area contributed by atoms with Crippen LogP contribution in [0.25, 0.3) is 5.52 Å². The number of benzene rings is 1. The molecule has 0 saturated heterocycles. The van der Waals surface area contributed by atoms with E-state index in [1.807, 2.05) is 25.1 Å². The number of sulfonamides is 1. The highest BCUT2D eigenvalue weighted by Gasteiger charge is 2.16. The highest BCUT2D eigenvalue weighted by atomic mass is 32.2. The van der Waals surface area contributed by atoms with Gasteiger partial charge >= 0.3 is 0 Å². The third-order valence-corrected chi connectivity index (χ3v) is 4.45. The molecule has 3 aromatic rings. The molecule has 2 heterocycles. The molecule has 0 aliphatic heterocycles. The number of hydrogen-bond acceptors (Lipinski definition) is 4. The lowest BCUT2D eigenvalue weighted by molar-refractivity contribution is 0.340. The second-order valence-corrected chi connectivity index (χ2v) is 6.27. The van der Waals surface area contributed by atoms with E-state index < -0.39 is 10.0 Å². The zero-order valence-electron chi connectivity index (χ0n) is 11.9. The average Bonchev–Trinajstić information content (AvgIpc) is 2.91. The Morgan fingerprint density at radius 2 is 1.95 bits per heavy atom. The zero-order valence-corrected chi connectivity index (χ0v) is 12.7. The van der Waals surface area contributed by atoms with Crippen molar-refractivity contribution in [1.82, 2.24) is 9.38 Å². The molecule has 0 atom stereocenters. The zero-order chi connectivity index (χ0) is 15.6. The molecule has 0 fully saturated rings. The number of hydrogen-bond donors (Lipinski definition) is 1. The van der Waals surface area contributed by atoms with Crippen LogP contribution < -0.4 is 9.46 Å². The molecular formula is C15H15N3O3S. The number of anilines is 1. The van der Waals surface area contributed by atoms with Gasteiger partial charge in [0.25, 0.3) is 10.0 Å². The van der Waals surface area contributed by atoms with Gasteiger partial charge in [0, 0.05) is 6.20 Å². The fraction of sp³-hybridized carbons (Fsp3) is 0.133. The van der Waals surface area contributed by atoms with Crippen molar-refractivity contribution in [1.29, 1.82) is 0 Å². The van der Waals surface area contributed by atoms with E-state index in [9.17, 15) is 8.42 Å². The van der Waals surface area contributed by atoms with E-state index in [2.05, 4.69) is 9.71 Å². The minimum atomic E-state index is -3.70. The summed E-state index contributed by atoms with van der Waals surface area (Å²) in [6, 6.07) is 11.8. The lowest BCUT2D eigenvalue weighted by Crippen LogP contribution is -2.15. The summed E-state index contributed by atoms with van der Waals surface area (Å²) in [5, 5.41) is 0. The Morgan fingerprint density at radius 3 is 2.68 bits per heavy atom. The lowest BCUT2D eigenvalue weighted by atomic mass is 10.3. The molecule has 3 rings (SSSR count). The minimum Gasteiger partial charge on any atom is -0.494 e. The third-order valence-electron chi connectivity index (χ3n) is 3.11. The van der Waals surface area contributed by atoms with Crippen LogP contribution in [0, 0.1) is 0 Å². The number of imidazole rings is 1. The van der Waals surface area contributed by atoms with Crippen LogP contribution in [0.3, 0.4) is 0 Å². The first-order valence-electron chi connectivity index (χ1n) is 6.78. The Labute approximate surface area is 128 Å². The van der Waals surface area contributed by atoms with Gasteiger partial charge in [-0.15, -0.1) is 0 Å². The Bertz CT molecular complexity index is 886. The van der Waals surface area contributed by atoms with Crippen LogP contribution in [0.1, 0.15) is 6.92 Å². The second kappa shape index (κ2) is 5.69. The Kier molecular flexibility index (Phi) is 3.72. The van der Waals surface area contributed by atoms with Gasteiger partial charge in [-0.2, -0.15) is 0 Å². The van der Waals surface area contributed by atoms with E-state index in [0.29, 0.717) is 12.4 Å². The van der Waals surface area contributed by atoms with Gasteiger partial charge in [0.2, 0.25) is 5.95 Å². The normalized spacial score (nSPS) is 11.5. The molecule has 0 bridgehead atoms. The predicted octanol–water partition coefficient (Wildman–Crippen LogP) is 2.53. The number of nitrogens with zero attached hydrogens (tertiary/aromatic N) is 2. The van der Waals surface area contributed by atoms with E-state index in [4.69, 9.17) is 4.74 Å². The number of ether oxygens (including phenoxy) is 1. The first-order valence-corrected chi connectivity index (χ1v) is 8.26. The van der Waals surface area contributed by atoms with E-state index >= 15 is 0 Å². The molecule has 2 aromatic heterocycles. The average molecular weight is 317 g/mol. The smallest absolute Gasteiger partial charge is 0.264 e. The van der Waals surface area contributed by atoms with Crippen molar-refractivity contribution in [3.8, 4) is 5.75 Å². The van der Waals surface area contributed by atoms with Crippen LogP contribution in [0.2, 0.25) is 0 Å². The number of aromatic nitrogens is 2. The van der Waals surface area contributed by atoms with Crippen molar-refractivity contribution >= 4 is 21.5 Å². The molecule has 114 valence electrons. The first kappa shape index (κ1) is 14.4. The molecule has 6 nitrogen and oxygen atoms in total. The summed E-state index contributed by atoms with van der Waals surface area (Å²) in [4.78, 5) is 4.26. The van der Waals surface area contributed by atoms with E-state index in [0.717, 1.165) is 5.52 Å². The number of rotatable bonds is 5. The molecule has 7 heteroatoms. The Balaban J connectivity index is 1.90.